The molecular formula is C18H30N4O3S. The van der Waals surface area contributed by atoms with E-state index in [0.29, 0.717) is 44.8 Å². The second-order valence-electron chi connectivity index (χ2n) is 6.88. The van der Waals surface area contributed by atoms with E-state index in [4.69, 9.17) is 0 Å². The van der Waals surface area contributed by atoms with E-state index in [0.717, 1.165) is 5.56 Å². The van der Waals surface area contributed by atoms with Gasteiger partial charge in [0.05, 0.1) is 5.75 Å². The van der Waals surface area contributed by atoms with E-state index < -0.39 is 10.0 Å². The molecule has 0 saturated carbocycles. The van der Waals surface area contributed by atoms with E-state index >= 15 is 0 Å². The Hall–Kier alpha value is -1.48. The first-order valence-corrected chi connectivity index (χ1v) is 10.6. The Bertz CT molecular complexity index is 700. The van der Waals surface area contributed by atoms with Crippen molar-refractivity contribution in [2.45, 2.75) is 6.92 Å². The van der Waals surface area contributed by atoms with Crippen LogP contribution in [0.2, 0.25) is 0 Å². The quantitative estimate of drug-likeness (QED) is 0.697. The van der Waals surface area contributed by atoms with Crippen molar-refractivity contribution in [3.05, 3.63) is 35.4 Å². The van der Waals surface area contributed by atoms with Crippen LogP contribution in [0.25, 0.3) is 0 Å². The van der Waals surface area contributed by atoms with Gasteiger partial charge in [-0.2, -0.15) is 4.31 Å². The smallest absolute Gasteiger partial charge is 0.254 e. The van der Waals surface area contributed by atoms with Crippen molar-refractivity contribution >= 4 is 15.9 Å². The lowest BCUT2D eigenvalue weighted by atomic mass is 10.1. The first-order chi connectivity index (χ1) is 12.3. The molecule has 1 amide bonds. The summed E-state index contributed by atoms with van der Waals surface area (Å²) >= 11 is 0. The summed E-state index contributed by atoms with van der Waals surface area (Å²) < 4.78 is 26.7. The molecular weight excluding hydrogens is 352 g/mol. The molecule has 0 spiro atoms. The minimum absolute atomic E-state index is 0.0436. The maximum Gasteiger partial charge on any atom is 0.254 e. The molecule has 1 fully saturated rings. The van der Waals surface area contributed by atoms with Crippen LogP contribution in [0.15, 0.2) is 24.3 Å². The van der Waals surface area contributed by atoms with Gasteiger partial charge < -0.3 is 15.1 Å². The van der Waals surface area contributed by atoms with Crippen LogP contribution in [0.5, 0.6) is 0 Å². The monoisotopic (exact) mass is 382 g/mol. The number of carbonyl (C=O) groups is 1. The molecule has 1 heterocycles. The zero-order chi connectivity index (χ0) is 19.2. The Labute approximate surface area is 157 Å². The Morgan fingerprint density at radius 2 is 1.77 bits per heavy atom. The number of aryl methyl sites for hydroxylation is 1. The van der Waals surface area contributed by atoms with Crippen molar-refractivity contribution in [3.8, 4) is 0 Å². The molecule has 0 aromatic heterocycles. The summed E-state index contributed by atoms with van der Waals surface area (Å²) in [6, 6.07) is 7.42. The molecule has 146 valence electrons. The van der Waals surface area contributed by atoms with E-state index in [2.05, 4.69) is 5.32 Å². The molecule has 0 aliphatic carbocycles. The SMILES string of the molecule is Cc1ccccc1C(=O)N(CCN(C)C)CCS(=O)(=O)N1CCNCC1. The third-order valence-corrected chi connectivity index (χ3v) is 6.42. The predicted octanol–water partition coefficient (Wildman–Crippen LogP) is 0.234. The number of likely N-dealkylation sites (N-methyl/N-ethyl adjacent to an activating group) is 1. The molecule has 8 heteroatoms. The fourth-order valence-corrected chi connectivity index (χ4v) is 4.34. The van der Waals surface area contributed by atoms with Crippen molar-refractivity contribution in [3.63, 3.8) is 0 Å². The van der Waals surface area contributed by atoms with Gasteiger partial charge in [0.1, 0.15) is 0 Å². The molecule has 1 aromatic carbocycles. The minimum atomic E-state index is -3.36. The van der Waals surface area contributed by atoms with E-state index in [1.165, 1.54) is 4.31 Å². The second kappa shape index (κ2) is 9.45. The van der Waals surface area contributed by atoms with Crippen LogP contribution in [0, 0.1) is 6.92 Å². The van der Waals surface area contributed by atoms with Gasteiger partial charge in [0.15, 0.2) is 0 Å². The standard InChI is InChI=1S/C18H30N4O3S/c1-16-6-4-5-7-17(16)18(23)21(13-12-20(2)3)14-15-26(24,25)22-10-8-19-9-11-22/h4-7,19H,8-15H2,1-3H3. The molecule has 1 saturated heterocycles. The zero-order valence-electron chi connectivity index (χ0n) is 15.9. The number of rotatable bonds is 8. The van der Waals surface area contributed by atoms with Gasteiger partial charge in [-0.15, -0.1) is 0 Å². The van der Waals surface area contributed by atoms with Crippen LogP contribution in [0.1, 0.15) is 15.9 Å². The number of nitrogens with zero attached hydrogens (tertiary/aromatic N) is 3. The number of amides is 1. The van der Waals surface area contributed by atoms with Gasteiger partial charge in [0, 0.05) is 51.4 Å². The maximum absolute atomic E-state index is 13.0. The summed E-state index contributed by atoms with van der Waals surface area (Å²) in [4.78, 5) is 16.6. The third kappa shape index (κ3) is 5.77. The molecule has 1 aliphatic rings. The molecule has 7 nitrogen and oxygen atoms in total. The number of carbonyl (C=O) groups excluding carboxylic acids is 1. The lowest BCUT2D eigenvalue weighted by Gasteiger charge is -2.29. The van der Waals surface area contributed by atoms with Gasteiger partial charge in [0.2, 0.25) is 10.0 Å². The summed E-state index contributed by atoms with van der Waals surface area (Å²) in [5.74, 6) is -0.154. The lowest BCUT2D eigenvalue weighted by Crippen LogP contribution is -2.49. The Morgan fingerprint density at radius 1 is 1.12 bits per heavy atom. The molecule has 0 radical (unpaired) electrons. The van der Waals surface area contributed by atoms with Crippen LogP contribution in [-0.2, 0) is 10.0 Å². The van der Waals surface area contributed by atoms with Crippen molar-refractivity contribution < 1.29 is 13.2 Å². The summed E-state index contributed by atoms with van der Waals surface area (Å²) in [7, 11) is 0.520. The Balaban J connectivity index is 2.09. The fraction of sp³-hybridized carbons (Fsp3) is 0.611. The van der Waals surface area contributed by atoms with Crippen LogP contribution < -0.4 is 5.32 Å². The molecule has 0 bridgehead atoms. The van der Waals surface area contributed by atoms with Gasteiger partial charge in [-0.1, -0.05) is 18.2 Å². The summed E-state index contributed by atoms with van der Waals surface area (Å²) in [5, 5.41) is 3.15. The van der Waals surface area contributed by atoms with E-state index in [1.54, 1.807) is 11.0 Å². The molecule has 1 N–H and O–H groups in total. The summed E-state index contributed by atoms with van der Waals surface area (Å²) in [5.41, 5.74) is 1.53. The second-order valence-corrected chi connectivity index (χ2v) is 8.96. The predicted molar refractivity (Wildman–Crippen MR) is 104 cm³/mol. The topological polar surface area (TPSA) is 73.0 Å². The molecule has 1 aliphatic heterocycles. The first kappa shape index (κ1) is 20.8. The summed E-state index contributed by atoms with van der Waals surface area (Å²) in [6.45, 7) is 5.61. The highest BCUT2D eigenvalue weighted by Crippen LogP contribution is 2.12. The van der Waals surface area contributed by atoms with Crippen molar-refractivity contribution in [2.75, 3.05) is 65.7 Å². The normalized spacial score (nSPS) is 16.0. The number of nitrogens with one attached hydrogen (secondary N) is 1. The van der Waals surface area contributed by atoms with Gasteiger partial charge >= 0.3 is 0 Å². The highest BCUT2D eigenvalue weighted by Gasteiger charge is 2.26. The van der Waals surface area contributed by atoms with Crippen LogP contribution in [-0.4, -0.2) is 94.1 Å². The largest absolute Gasteiger partial charge is 0.336 e. The van der Waals surface area contributed by atoms with Gasteiger partial charge in [-0.25, -0.2) is 8.42 Å². The molecule has 0 atom stereocenters. The van der Waals surface area contributed by atoms with Gasteiger partial charge in [-0.3, -0.25) is 4.79 Å². The van der Waals surface area contributed by atoms with Gasteiger partial charge in [-0.05, 0) is 32.6 Å². The average molecular weight is 383 g/mol. The van der Waals surface area contributed by atoms with E-state index in [9.17, 15) is 13.2 Å². The maximum atomic E-state index is 13.0. The van der Waals surface area contributed by atoms with E-state index in [1.807, 2.05) is 44.1 Å². The highest BCUT2D eigenvalue weighted by molar-refractivity contribution is 7.89. The van der Waals surface area contributed by atoms with Crippen molar-refractivity contribution in [2.24, 2.45) is 0 Å². The van der Waals surface area contributed by atoms with Crippen LogP contribution in [0.3, 0.4) is 0 Å². The highest BCUT2D eigenvalue weighted by atomic mass is 32.2. The van der Waals surface area contributed by atoms with E-state index in [-0.39, 0.29) is 18.2 Å². The molecule has 2 rings (SSSR count). The number of piperazine rings is 1. The van der Waals surface area contributed by atoms with Crippen LogP contribution >= 0.6 is 0 Å². The number of hydrogen-bond donors (Lipinski definition) is 1. The lowest BCUT2D eigenvalue weighted by molar-refractivity contribution is 0.0754. The molecule has 1 aromatic rings. The number of sulfonamides is 1. The first-order valence-electron chi connectivity index (χ1n) is 8.99. The minimum Gasteiger partial charge on any atom is -0.336 e. The fourth-order valence-electron chi connectivity index (χ4n) is 2.90. The number of benzene rings is 1. The zero-order valence-corrected chi connectivity index (χ0v) is 16.8. The Kier molecular flexibility index (Phi) is 7.57. The molecule has 26 heavy (non-hydrogen) atoms. The summed E-state index contributed by atoms with van der Waals surface area (Å²) in [6.07, 6.45) is 0. The Morgan fingerprint density at radius 3 is 2.38 bits per heavy atom. The number of hydrogen-bond acceptors (Lipinski definition) is 5. The van der Waals surface area contributed by atoms with Gasteiger partial charge in [0.25, 0.3) is 5.91 Å². The average Bonchev–Trinajstić information content (AvgIpc) is 2.62. The van der Waals surface area contributed by atoms with Crippen molar-refractivity contribution in [1.82, 2.24) is 19.4 Å². The van der Waals surface area contributed by atoms with Crippen molar-refractivity contribution in [1.29, 1.82) is 0 Å². The molecule has 0 unspecified atom stereocenters. The third-order valence-electron chi connectivity index (χ3n) is 4.57. The van der Waals surface area contributed by atoms with Crippen LogP contribution in [0.4, 0.5) is 0 Å².